The van der Waals surface area contributed by atoms with E-state index in [1.54, 1.807) is 23.1 Å². The number of rotatable bonds is 11. The monoisotopic (exact) mass is 566 g/mol. The first-order valence-corrected chi connectivity index (χ1v) is 14.4. The molecule has 0 aromatic heterocycles. The van der Waals surface area contributed by atoms with Crippen LogP contribution in [-0.4, -0.2) is 28.8 Å². The Morgan fingerprint density at radius 3 is 2.05 bits per heavy atom. The van der Waals surface area contributed by atoms with Crippen molar-refractivity contribution >= 4 is 35.0 Å². The number of hydrogen-bond acceptors (Lipinski definition) is 2. The van der Waals surface area contributed by atoms with E-state index in [2.05, 4.69) is 50.4 Å². The lowest BCUT2D eigenvalue weighted by molar-refractivity contribution is -0.141. The molecule has 4 nitrogen and oxygen atoms in total. The Morgan fingerprint density at radius 2 is 1.49 bits per heavy atom. The molecule has 0 aliphatic rings. The van der Waals surface area contributed by atoms with Crippen LogP contribution < -0.4 is 5.32 Å². The van der Waals surface area contributed by atoms with Crippen LogP contribution in [0.4, 0.5) is 0 Å². The maximum Gasteiger partial charge on any atom is 0.243 e. The number of halogens is 2. The van der Waals surface area contributed by atoms with Crippen LogP contribution in [-0.2, 0) is 34.4 Å². The Kier molecular flexibility index (Phi) is 11.0. The molecule has 0 bridgehead atoms. The average molecular weight is 568 g/mol. The molecule has 0 aliphatic heterocycles. The Balaban J connectivity index is 1.93. The number of nitrogens with zero attached hydrogens (tertiary/aromatic N) is 1. The fraction of sp³-hybridized carbons (Fsp3) is 0.394. The highest BCUT2D eigenvalue weighted by atomic mass is 35.5. The summed E-state index contributed by atoms with van der Waals surface area (Å²) in [5, 5.41) is 4.04. The third-order valence-corrected chi connectivity index (χ3v) is 7.82. The van der Waals surface area contributed by atoms with E-state index in [1.165, 1.54) is 5.56 Å². The van der Waals surface area contributed by atoms with Gasteiger partial charge >= 0.3 is 0 Å². The van der Waals surface area contributed by atoms with Crippen molar-refractivity contribution in [2.75, 3.05) is 0 Å². The quantitative estimate of drug-likeness (QED) is 0.257. The third kappa shape index (κ3) is 8.84. The summed E-state index contributed by atoms with van der Waals surface area (Å²) in [5.41, 5.74) is 4.00. The topological polar surface area (TPSA) is 49.4 Å². The summed E-state index contributed by atoms with van der Waals surface area (Å²) in [4.78, 5) is 29.2. The Labute approximate surface area is 243 Å². The van der Waals surface area contributed by atoms with Crippen LogP contribution in [0.25, 0.3) is 0 Å². The van der Waals surface area contributed by atoms with Crippen molar-refractivity contribution in [3.8, 4) is 0 Å². The zero-order valence-electron chi connectivity index (χ0n) is 23.6. The number of aryl methyl sites for hydroxylation is 1. The molecule has 0 spiro atoms. The third-order valence-electron chi connectivity index (χ3n) is 7.11. The molecular weight excluding hydrogens is 527 g/mol. The summed E-state index contributed by atoms with van der Waals surface area (Å²) in [6.45, 7) is 10.7. The van der Waals surface area contributed by atoms with Crippen molar-refractivity contribution in [1.29, 1.82) is 0 Å². The molecule has 0 unspecified atom stereocenters. The molecule has 2 amide bonds. The minimum atomic E-state index is -0.718. The van der Waals surface area contributed by atoms with Crippen molar-refractivity contribution in [2.24, 2.45) is 0 Å². The molecule has 0 saturated carbocycles. The number of nitrogens with one attached hydrogen (secondary N) is 1. The molecule has 0 aliphatic carbocycles. The van der Waals surface area contributed by atoms with Gasteiger partial charge in [-0.1, -0.05) is 112 Å². The standard InChI is InChI=1S/C33H40Cl2N2O2/c1-6-23(2)36-32(39)30(21-25-11-8-7-9-12-25)37(22-27-28(34)13-10-14-29(27)35)31(38)20-17-24-15-18-26(19-16-24)33(3,4)5/h7-16,18-19,23,30H,6,17,20-22H2,1-5H3,(H,36,39)/t23-,30-/m0/s1. The average Bonchev–Trinajstić information content (AvgIpc) is 2.90. The molecule has 1 N–H and O–H groups in total. The van der Waals surface area contributed by atoms with Gasteiger partial charge in [-0.2, -0.15) is 0 Å². The maximum atomic E-state index is 13.9. The first kappa shape index (κ1) is 30.7. The van der Waals surface area contributed by atoms with Crippen LogP contribution in [0.2, 0.25) is 10.0 Å². The van der Waals surface area contributed by atoms with Crippen molar-refractivity contribution in [3.63, 3.8) is 0 Å². The molecule has 39 heavy (non-hydrogen) atoms. The van der Waals surface area contributed by atoms with Gasteiger partial charge in [0.15, 0.2) is 0 Å². The normalized spacial score (nSPS) is 13.0. The molecular formula is C33H40Cl2N2O2. The second-order valence-corrected chi connectivity index (χ2v) is 12.0. The summed E-state index contributed by atoms with van der Waals surface area (Å²) in [6.07, 6.45) is 2.01. The van der Waals surface area contributed by atoms with Crippen molar-refractivity contribution in [3.05, 3.63) is 105 Å². The van der Waals surface area contributed by atoms with E-state index >= 15 is 0 Å². The lowest BCUT2D eigenvalue weighted by Crippen LogP contribution is -2.52. The molecule has 0 radical (unpaired) electrons. The van der Waals surface area contributed by atoms with Crippen LogP contribution in [0.3, 0.4) is 0 Å². The molecule has 0 heterocycles. The van der Waals surface area contributed by atoms with Crippen LogP contribution >= 0.6 is 23.2 Å². The fourth-order valence-corrected chi connectivity index (χ4v) is 4.93. The molecule has 208 valence electrons. The number of carbonyl (C=O) groups is 2. The van der Waals surface area contributed by atoms with Crippen molar-refractivity contribution in [2.45, 2.75) is 84.3 Å². The second-order valence-electron chi connectivity index (χ2n) is 11.2. The zero-order chi connectivity index (χ0) is 28.6. The van der Waals surface area contributed by atoms with Gasteiger partial charge in [0.1, 0.15) is 6.04 Å². The molecule has 6 heteroatoms. The molecule has 3 aromatic carbocycles. The predicted molar refractivity (Wildman–Crippen MR) is 162 cm³/mol. The lowest BCUT2D eigenvalue weighted by Gasteiger charge is -2.33. The number of benzene rings is 3. The van der Waals surface area contributed by atoms with Gasteiger partial charge in [0, 0.05) is 41.0 Å². The van der Waals surface area contributed by atoms with Crippen LogP contribution in [0.15, 0.2) is 72.8 Å². The van der Waals surface area contributed by atoms with Gasteiger partial charge in [0.25, 0.3) is 0 Å². The van der Waals surface area contributed by atoms with E-state index in [9.17, 15) is 9.59 Å². The Bertz CT molecular complexity index is 1220. The summed E-state index contributed by atoms with van der Waals surface area (Å²) in [5.74, 6) is -0.301. The van der Waals surface area contributed by atoms with Gasteiger partial charge in [0.05, 0.1) is 0 Å². The van der Waals surface area contributed by atoms with E-state index in [1.807, 2.05) is 44.2 Å². The molecule has 2 atom stereocenters. The summed E-state index contributed by atoms with van der Waals surface area (Å²) < 4.78 is 0. The first-order valence-electron chi connectivity index (χ1n) is 13.7. The van der Waals surface area contributed by atoms with Crippen molar-refractivity contribution in [1.82, 2.24) is 10.2 Å². The smallest absolute Gasteiger partial charge is 0.243 e. The highest BCUT2D eigenvalue weighted by Crippen LogP contribution is 2.28. The SMILES string of the molecule is CC[C@H](C)NC(=O)[C@H](Cc1ccccc1)N(Cc1c(Cl)cccc1Cl)C(=O)CCc1ccc(C(C)(C)C)cc1. The largest absolute Gasteiger partial charge is 0.352 e. The summed E-state index contributed by atoms with van der Waals surface area (Å²) in [6, 6.07) is 22.8. The van der Waals surface area contributed by atoms with E-state index in [-0.39, 0.29) is 36.2 Å². The highest BCUT2D eigenvalue weighted by molar-refractivity contribution is 6.36. The van der Waals surface area contributed by atoms with Gasteiger partial charge < -0.3 is 10.2 Å². The van der Waals surface area contributed by atoms with Crippen LogP contribution in [0.1, 0.15) is 69.7 Å². The van der Waals surface area contributed by atoms with E-state index in [0.717, 1.165) is 17.5 Å². The van der Waals surface area contributed by atoms with E-state index in [0.29, 0.717) is 28.5 Å². The molecule has 3 rings (SSSR count). The van der Waals surface area contributed by atoms with Crippen molar-refractivity contribution < 1.29 is 9.59 Å². The minimum absolute atomic E-state index is 0.0158. The minimum Gasteiger partial charge on any atom is -0.352 e. The summed E-state index contributed by atoms with van der Waals surface area (Å²) >= 11 is 13.1. The van der Waals surface area contributed by atoms with E-state index in [4.69, 9.17) is 23.2 Å². The van der Waals surface area contributed by atoms with Gasteiger partial charge in [-0.25, -0.2) is 0 Å². The maximum absolute atomic E-state index is 13.9. The number of amides is 2. The number of carbonyl (C=O) groups excluding carboxylic acids is 2. The Morgan fingerprint density at radius 1 is 0.872 bits per heavy atom. The van der Waals surface area contributed by atoms with Crippen LogP contribution in [0.5, 0.6) is 0 Å². The molecule has 0 fully saturated rings. The summed E-state index contributed by atoms with van der Waals surface area (Å²) in [7, 11) is 0. The molecule has 3 aromatic rings. The number of hydrogen-bond donors (Lipinski definition) is 1. The zero-order valence-corrected chi connectivity index (χ0v) is 25.1. The first-order chi connectivity index (χ1) is 18.5. The second kappa shape index (κ2) is 14.0. The fourth-order valence-electron chi connectivity index (χ4n) is 4.42. The van der Waals surface area contributed by atoms with Gasteiger partial charge in [-0.15, -0.1) is 0 Å². The highest BCUT2D eigenvalue weighted by Gasteiger charge is 2.31. The van der Waals surface area contributed by atoms with E-state index < -0.39 is 6.04 Å². The van der Waals surface area contributed by atoms with Gasteiger partial charge in [0.2, 0.25) is 11.8 Å². The van der Waals surface area contributed by atoms with Gasteiger partial charge in [-0.3, -0.25) is 9.59 Å². The lowest BCUT2D eigenvalue weighted by atomic mass is 9.86. The molecule has 0 saturated heterocycles. The Hall–Kier alpha value is -2.82. The van der Waals surface area contributed by atoms with Gasteiger partial charge in [-0.05, 0) is 54.0 Å². The van der Waals surface area contributed by atoms with Crippen LogP contribution in [0, 0.1) is 0 Å². The predicted octanol–water partition coefficient (Wildman–Crippen LogP) is 7.78.